The van der Waals surface area contributed by atoms with Crippen molar-refractivity contribution in [3.05, 3.63) is 24.3 Å². The molecular weight excluding hydrogens is 276 g/mol. The summed E-state index contributed by atoms with van der Waals surface area (Å²) in [6.45, 7) is 3.37. The maximum Gasteiger partial charge on any atom is 0.330 e. The zero-order valence-corrected chi connectivity index (χ0v) is 12.2. The quantitative estimate of drug-likeness (QED) is 0.404. The molecular formula is C15H20O6. The molecule has 0 aliphatic carbocycles. The maximum absolute atomic E-state index is 11.6. The fourth-order valence-electron chi connectivity index (χ4n) is 1.79. The summed E-state index contributed by atoms with van der Waals surface area (Å²) in [6, 6.07) is 0. The highest BCUT2D eigenvalue weighted by Crippen LogP contribution is 2.16. The Kier molecular flexibility index (Phi) is 7.39. The second kappa shape index (κ2) is 9.07. The third kappa shape index (κ3) is 6.85. The molecule has 6 heteroatoms. The van der Waals surface area contributed by atoms with Gasteiger partial charge in [0.15, 0.2) is 5.78 Å². The molecule has 0 saturated carbocycles. The first-order valence-electron chi connectivity index (χ1n) is 6.91. The van der Waals surface area contributed by atoms with Crippen molar-refractivity contribution in [3.63, 3.8) is 0 Å². The molecule has 21 heavy (non-hydrogen) atoms. The highest BCUT2D eigenvalue weighted by Gasteiger charge is 2.26. The predicted molar refractivity (Wildman–Crippen MR) is 74.2 cm³/mol. The minimum Gasteiger partial charge on any atom is -0.463 e. The minimum atomic E-state index is -0.805. The summed E-state index contributed by atoms with van der Waals surface area (Å²) in [5, 5.41) is 0. The summed E-state index contributed by atoms with van der Waals surface area (Å²) >= 11 is 0. The number of carbonyl (C=O) groups excluding carboxylic acids is 3. The van der Waals surface area contributed by atoms with Gasteiger partial charge in [-0.05, 0) is 38.3 Å². The van der Waals surface area contributed by atoms with Crippen LogP contribution in [0.4, 0.5) is 0 Å². The second-order valence-electron chi connectivity index (χ2n) is 4.45. The van der Waals surface area contributed by atoms with Gasteiger partial charge in [0, 0.05) is 13.0 Å². The van der Waals surface area contributed by atoms with Gasteiger partial charge < -0.3 is 14.2 Å². The molecule has 1 heterocycles. The molecule has 6 nitrogen and oxygen atoms in total. The van der Waals surface area contributed by atoms with Crippen molar-refractivity contribution in [2.75, 3.05) is 6.61 Å². The van der Waals surface area contributed by atoms with E-state index in [0.717, 1.165) is 0 Å². The molecule has 0 bridgehead atoms. The van der Waals surface area contributed by atoms with Gasteiger partial charge >= 0.3 is 11.9 Å². The fraction of sp³-hybridized carbons (Fsp3) is 0.533. The van der Waals surface area contributed by atoms with Crippen LogP contribution >= 0.6 is 0 Å². The van der Waals surface area contributed by atoms with E-state index in [4.69, 9.17) is 14.2 Å². The fourth-order valence-corrected chi connectivity index (χ4v) is 1.79. The van der Waals surface area contributed by atoms with Gasteiger partial charge in [-0.2, -0.15) is 0 Å². The SMILES string of the molecule is CCOC(=O)/C=C/CCC[C@@H]1OC(OC(C)=O)C=CC1=O. The van der Waals surface area contributed by atoms with Gasteiger partial charge in [0.2, 0.25) is 6.29 Å². The molecule has 1 aliphatic heterocycles. The van der Waals surface area contributed by atoms with E-state index in [1.54, 1.807) is 13.0 Å². The van der Waals surface area contributed by atoms with Gasteiger partial charge in [-0.3, -0.25) is 9.59 Å². The summed E-state index contributed by atoms with van der Waals surface area (Å²) in [5.41, 5.74) is 0. The van der Waals surface area contributed by atoms with Crippen molar-refractivity contribution in [2.24, 2.45) is 0 Å². The van der Waals surface area contributed by atoms with E-state index in [2.05, 4.69) is 0 Å². The van der Waals surface area contributed by atoms with E-state index in [1.807, 2.05) is 0 Å². The molecule has 0 aromatic heterocycles. The summed E-state index contributed by atoms with van der Waals surface area (Å²) in [5.74, 6) is -0.983. The van der Waals surface area contributed by atoms with E-state index in [-0.39, 0.29) is 11.8 Å². The topological polar surface area (TPSA) is 78.9 Å². The van der Waals surface area contributed by atoms with Crippen LogP contribution in [0.25, 0.3) is 0 Å². The number of ether oxygens (including phenoxy) is 3. The number of esters is 2. The van der Waals surface area contributed by atoms with Crippen molar-refractivity contribution in [3.8, 4) is 0 Å². The van der Waals surface area contributed by atoms with Crippen LogP contribution in [-0.4, -0.2) is 36.7 Å². The summed E-state index contributed by atoms with van der Waals surface area (Å²) in [4.78, 5) is 33.5. The van der Waals surface area contributed by atoms with Gasteiger partial charge in [-0.1, -0.05) is 6.08 Å². The Bertz CT molecular complexity index is 437. The Morgan fingerprint density at radius 2 is 2.19 bits per heavy atom. The molecule has 0 spiro atoms. The number of carbonyl (C=O) groups is 3. The molecule has 2 atom stereocenters. The number of hydrogen-bond donors (Lipinski definition) is 0. The highest BCUT2D eigenvalue weighted by molar-refractivity contribution is 5.94. The largest absolute Gasteiger partial charge is 0.463 e. The lowest BCUT2D eigenvalue weighted by atomic mass is 10.1. The number of allylic oxidation sites excluding steroid dienone is 1. The average Bonchev–Trinajstić information content (AvgIpc) is 2.41. The van der Waals surface area contributed by atoms with Crippen LogP contribution in [0.3, 0.4) is 0 Å². The Morgan fingerprint density at radius 3 is 2.86 bits per heavy atom. The third-order valence-corrected chi connectivity index (χ3v) is 2.69. The zero-order chi connectivity index (χ0) is 15.7. The van der Waals surface area contributed by atoms with Gasteiger partial charge in [0.25, 0.3) is 0 Å². The van der Waals surface area contributed by atoms with Crippen LogP contribution < -0.4 is 0 Å². The van der Waals surface area contributed by atoms with E-state index in [1.165, 1.54) is 25.2 Å². The minimum absolute atomic E-state index is 0.146. The van der Waals surface area contributed by atoms with Gasteiger partial charge in [-0.25, -0.2) is 4.79 Å². The molecule has 0 fully saturated rings. The Balaban J connectivity index is 2.31. The van der Waals surface area contributed by atoms with Crippen LogP contribution in [0.5, 0.6) is 0 Å². The normalized spacial score (nSPS) is 21.5. The number of hydrogen-bond acceptors (Lipinski definition) is 6. The highest BCUT2D eigenvalue weighted by atomic mass is 16.7. The van der Waals surface area contributed by atoms with E-state index >= 15 is 0 Å². The molecule has 0 aromatic rings. The van der Waals surface area contributed by atoms with E-state index < -0.39 is 18.4 Å². The van der Waals surface area contributed by atoms with Gasteiger partial charge in [0.1, 0.15) is 6.10 Å². The van der Waals surface area contributed by atoms with Crippen molar-refractivity contribution < 1.29 is 28.6 Å². The molecule has 1 rings (SSSR count). The smallest absolute Gasteiger partial charge is 0.330 e. The molecule has 0 amide bonds. The van der Waals surface area contributed by atoms with E-state index in [0.29, 0.717) is 25.9 Å². The molecule has 0 aromatic carbocycles. The zero-order valence-electron chi connectivity index (χ0n) is 12.2. The first kappa shape index (κ1) is 17.1. The molecule has 0 radical (unpaired) electrons. The number of unbranched alkanes of at least 4 members (excludes halogenated alkanes) is 1. The first-order chi connectivity index (χ1) is 10.0. The van der Waals surface area contributed by atoms with Crippen molar-refractivity contribution >= 4 is 17.7 Å². The van der Waals surface area contributed by atoms with Gasteiger partial charge in [0.05, 0.1) is 6.61 Å². The lowest BCUT2D eigenvalue weighted by Crippen LogP contribution is -2.33. The molecule has 0 saturated heterocycles. The predicted octanol–water partition coefficient (Wildman–Crippen LogP) is 1.69. The number of rotatable bonds is 7. The maximum atomic E-state index is 11.6. The molecule has 1 aliphatic rings. The monoisotopic (exact) mass is 296 g/mol. The van der Waals surface area contributed by atoms with Crippen LogP contribution in [0.15, 0.2) is 24.3 Å². The van der Waals surface area contributed by atoms with Crippen LogP contribution in [0.1, 0.15) is 33.1 Å². The number of ketones is 1. The summed E-state index contributed by atoms with van der Waals surface area (Å²) < 4.78 is 15.0. The second-order valence-corrected chi connectivity index (χ2v) is 4.45. The lowest BCUT2D eigenvalue weighted by Gasteiger charge is -2.24. The first-order valence-corrected chi connectivity index (χ1v) is 6.91. The Hall–Kier alpha value is -1.95. The summed E-state index contributed by atoms with van der Waals surface area (Å²) in [6.07, 6.45) is 6.24. The Morgan fingerprint density at radius 1 is 1.43 bits per heavy atom. The van der Waals surface area contributed by atoms with E-state index in [9.17, 15) is 14.4 Å². The van der Waals surface area contributed by atoms with Crippen molar-refractivity contribution in [2.45, 2.75) is 45.5 Å². The van der Waals surface area contributed by atoms with Crippen LogP contribution in [-0.2, 0) is 28.6 Å². The van der Waals surface area contributed by atoms with Crippen LogP contribution in [0.2, 0.25) is 0 Å². The summed E-state index contributed by atoms with van der Waals surface area (Å²) in [7, 11) is 0. The van der Waals surface area contributed by atoms with Crippen LogP contribution in [0, 0.1) is 0 Å². The molecule has 116 valence electrons. The Labute approximate surface area is 123 Å². The third-order valence-electron chi connectivity index (χ3n) is 2.69. The lowest BCUT2D eigenvalue weighted by molar-refractivity contribution is -0.180. The standard InChI is InChI=1S/C15H20O6/c1-3-19-14(18)8-6-4-5-7-13-12(17)9-10-15(21-13)20-11(2)16/h6,8-10,13,15H,3-5,7H2,1-2H3/b8-6+/t13-,15?/m0/s1. The van der Waals surface area contributed by atoms with Gasteiger partial charge in [-0.15, -0.1) is 0 Å². The molecule has 1 unspecified atom stereocenters. The van der Waals surface area contributed by atoms with Crippen molar-refractivity contribution in [1.29, 1.82) is 0 Å². The average molecular weight is 296 g/mol. The molecule has 0 N–H and O–H groups in total. The van der Waals surface area contributed by atoms with Crippen molar-refractivity contribution in [1.82, 2.24) is 0 Å².